The molecule has 1 aliphatic heterocycles. The van der Waals surface area contributed by atoms with Gasteiger partial charge in [-0.3, -0.25) is 14.2 Å². The summed E-state index contributed by atoms with van der Waals surface area (Å²) in [6, 6.07) is 5.55. The quantitative estimate of drug-likeness (QED) is 0.312. The Morgan fingerprint density at radius 1 is 1.52 bits per heavy atom. The van der Waals surface area contributed by atoms with Crippen LogP contribution in [0.15, 0.2) is 46.2 Å². The van der Waals surface area contributed by atoms with E-state index in [4.69, 9.17) is 9.47 Å². The fourth-order valence-electron chi connectivity index (χ4n) is 3.45. The van der Waals surface area contributed by atoms with Gasteiger partial charge in [-0.15, -0.1) is 17.9 Å². The average molecular weight is 458 g/mol. The van der Waals surface area contributed by atoms with Crippen molar-refractivity contribution in [2.45, 2.75) is 38.1 Å². The highest BCUT2D eigenvalue weighted by atomic mass is 32.2. The number of ether oxygens (including phenoxy) is 2. The van der Waals surface area contributed by atoms with Gasteiger partial charge in [0.25, 0.3) is 5.56 Å². The maximum absolute atomic E-state index is 12.7. The minimum Gasteiger partial charge on any atom is -0.492 e. The number of aromatic nitrogens is 2. The second-order valence-corrected chi connectivity index (χ2v) is 8.95. The molecule has 0 aliphatic carbocycles. The third-order valence-electron chi connectivity index (χ3n) is 4.75. The molecule has 3 heterocycles. The SMILES string of the molecule is C=CCn1c(SCC(=O)Nc2cc3c(cc2OCC)C[C@H](C)O3)nc2ccsc2c1=O. The van der Waals surface area contributed by atoms with Crippen molar-refractivity contribution in [1.29, 1.82) is 0 Å². The number of nitrogens with one attached hydrogen (secondary N) is 1. The van der Waals surface area contributed by atoms with Crippen molar-refractivity contribution < 1.29 is 14.3 Å². The molecule has 0 saturated carbocycles. The Morgan fingerprint density at radius 2 is 2.35 bits per heavy atom. The van der Waals surface area contributed by atoms with Gasteiger partial charge in [-0.2, -0.15) is 0 Å². The van der Waals surface area contributed by atoms with Crippen LogP contribution >= 0.6 is 23.1 Å². The lowest BCUT2D eigenvalue weighted by molar-refractivity contribution is -0.113. The number of rotatable bonds is 8. The summed E-state index contributed by atoms with van der Waals surface area (Å²) in [6.07, 6.45) is 2.56. The second kappa shape index (κ2) is 9.15. The summed E-state index contributed by atoms with van der Waals surface area (Å²) in [5.74, 6) is 1.27. The van der Waals surface area contributed by atoms with Crippen molar-refractivity contribution in [3.8, 4) is 11.5 Å². The van der Waals surface area contributed by atoms with Crippen LogP contribution in [-0.4, -0.2) is 33.9 Å². The van der Waals surface area contributed by atoms with E-state index in [2.05, 4.69) is 16.9 Å². The van der Waals surface area contributed by atoms with Crippen LogP contribution in [0.1, 0.15) is 19.4 Å². The summed E-state index contributed by atoms with van der Waals surface area (Å²) in [5, 5.41) is 5.24. The van der Waals surface area contributed by atoms with Crippen LogP contribution in [0.3, 0.4) is 0 Å². The normalized spacial score (nSPS) is 14.8. The minimum absolute atomic E-state index is 0.0964. The van der Waals surface area contributed by atoms with Gasteiger partial charge in [-0.25, -0.2) is 4.98 Å². The van der Waals surface area contributed by atoms with Gasteiger partial charge in [0.1, 0.15) is 22.3 Å². The Bertz CT molecular complexity index is 1200. The monoisotopic (exact) mass is 457 g/mol. The molecule has 1 aromatic carbocycles. The van der Waals surface area contributed by atoms with Gasteiger partial charge in [0.2, 0.25) is 5.91 Å². The summed E-state index contributed by atoms with van der Waals surface area (Å²) in [6.45, 7) is 8.45. The number of hydrogen-bond donors (Lipinski definition) is 1. The number of carbonyl (C=O) groups is 1. The van der Waals surface area contributed by atoms with Gasteiger partial charge >= 0.3 is 0 Å². The summed E-state index contributed by atoms with van der Waals surface area (Å²) in [4.78, 5) is 30.0. The van der Waals surface area contributed by atoms with Crippen molar-refractivity contribution >= 4 is 44.9 Å². The molecule has 0 saturated heterocycles. The van der Waals surface area contributed by atoms with E-state index in [0.29, 0.717) is 40.0 Å². The molecule has 0 bridgehead atoms. The fraction of sp³-hybridized carbons (Fsp3) is 0.318. The van der Waals surface area contributed by atoms with Crippen LogP contribution in [0.5, 0.6) is 11.5 Å². The lowest BCUT2D eigenvalue weighted by atomic mass is 10.1. The Morgan fingerprint density at radius 3 is 3.13 bits per heavy atom. The van der Waals surface area contributed by atoms with Crippen LogP contribution < -0.4 is 20.3 Å². The van der Waals surface area contributed by atoms with Crippen molar-refractivity contribution in [1.82, 2.24) is 9.55 Å². The first kappa shape index (κ1) is 21.5. The summed E-state index contributed by atoms with van der Waals surface area (Å²) < 4.78 is 13.7. The number of amides is 1. The number of thiophene rings is 1. The van der Waals surface area contributed by atoms with Crippen molar-refractivity contribution in [3.63, 3.8) is 0 Å². The van der Waals surface area contributed by atoms with Gasteiger partial charge in [0.15, 0.2) is 5.16 Å². The molecule has 9 heteroatoms. The number of carbonyl (C=O) groups excluding carboxylic acids is 1. The topological polar surface area (TPSA) is 82.5 Å². The standard InChI is InChI=1S/C22H23N3O4S2/c1-4-7-25-21(27)20-15(6-8-30-20)24-22(25)31-12-19(26)23-16-11-17-14(9-13(3)29-17)10-18(16)28-5-2/h4,6,8,10-11,13H,1,5,7,9,12H2,2-3H3,(H,23,26)/t13-/m0/s1. The Kier molecular flexibility index (Phi) is 6.33. The fourth-order valence-corrected chi connectivity index (χ4v) is 5.04. The van der Waals surface area contributed by atoms with Crippen molar-refractivity contribution in [2.75, 3.05) is 17.7 Å². The van der Waals surface area contributed by atoms with Gasteiger partial charge in [0, 0.05) is 24.6 Å². The highest BCUT2D eigenvalue weighted by Gasteiger charge is 2.23. The zero-order valence-electron chi connectivity index (χ0n) is 17.3. The Balaban J connectivity index is 1.53. The molecular formula is C22H23N3O4S2. The van der Waals surface area contributed by atoms with Gasteiger partial charge in [-0.1, -0.05) is 17.8 Å². The zero-order chi connectivity index (χ0) is 22.0. The third-order valence-corrected chi connectivity index (χ3v) is 6.62. The predicted octanol–water partition coefficient (Wildman–Crippen LogP) is 4.10. The number of fused-ring (bicyclic) bond motifs is 2. The number of benzene rings is 1. The van der Waals surface area contributed by atoms with Crippen molar-refractivity contribution in [2.24, 2.45) is 0 Å². The first-order valence-electron chi connectivity index (χ1n) is 9.98. The van der Waals surface area contributed by atoms with Crippen LogP contribution in [0.4, 0.5) is 5.69 Å². The summed E-state index contributed by atoms with van der Waals surface area (Å²) >= 11 is 2.58. The lowest BCUT2D eigenvalue weighted by Gasteiger charge is -2.14. The maximum Gasteiger partial charge on any atom is 0.272 e. The van der Waals surface area contributed by atoms with Gasteiger partial charge < -0.3 is 14.8 Å². The molecule has 0 unspecified atom stereocenters. The van der Waals surface area contributed by atoms with Crippen LogP contribution in [-0.2, 0) is 17.8 Å². The Labute approximate surface area is 188 Å². The molecule has 0 radical (unpaired) electrons. The van der Waals surface area contributed by atoms with E-state index < -0.39 is 0 Å². The van der Waals surface area contributed by atoms with Gasteiger partial charge in [-0.05, 0) is 31.4 Å². The molecule has 1 amide bonds. The van der Waals surface area contributed by atoms with E-state index in [9.17, 15) is 9.59 Å². The van der Waals surface area contributed by atoms with Crippen molar-refractivity contribution in [3.05, 3.63) is 52.2 Å². The molecule has 162 valence electrons. The highest BCUT2D eigenvalue weighted by molar-refractivity contribution is 7.99. The molecule has 0 spiro atoms. The third kappa shape index (κ3) is 4.47. The zero-order valence-corrected chi connectivity index (χ0v) is 19.0. The number of nitrogens with zero attached hydrogens (tertiary/aromatic N) is 2. The van der Waals surface area contributed by atoms with Gasteiger partial charge in [0.05, 0.1) is 23.6 Å². The Hall–Kier alpha value is -2.78. The van der Waals surface area contributed by atoms with Crippen LogP contribution in [0, 0.1) is 0 Å². The largest absolute Gasteiger partial charge is 0.492 e. The molecule has 4 rings (SSSR count). The number of allylic oxidation sites excluding steroid dienone is 1. The van der Waals surface area contributed by atoms with E-state index in [0.717, 1.165) is 17.7 Å². The average Bonchev–Trinajstić information content (AvgIpc) is 3.34. The molecule has 3 aromatic rings. The van der Waals surface area contributed by atoms with E-state index in [-0.39, 0.29) is 23.3 Å². The first-order valence-corrected chi connectivity index (χ1v) is 11.8. The molecule has 31 heavy (non-hydrogen) atoms. The van der Waals surface area contributed by atoms with E-state index in [1.165, 1.54) is 23.1 Å². The molecule has 1 atom stereocenters. The smallest absolute Gasteiger partial charge is 0.272 e. The predicted molar refractivity (Wildman–Crippen MR) is 125 cm³/mol. The molecular weight excluding hydrogens is 434 g/mol. The molecule has 1 N–H and O–H groups in total. The number of thioether (sulfide) groups is 1. The lowest BCUT2D eigenvalue weighted by Crippen LogP contribution is -2.23. The molecule has 1 aliphatic rings. The van der Waals surface area contributed by atoms with Crippen LogP contribution in [0.25, 0.3) is 10.2 Å². The van der Waals surface area contributed by atoms with E-state index in [1.54, 1.807) is 10.6 Å². The molecule has 2 aromatic heterocycles. The van der Waals surface area contributed by atoms with Crippen LogP contribution in [0.2, 0.25) is 0 Å². The van der Waals surface area contributed by atoms with E-state index >= 15 is 0 Å². The number of hydrogen-bond acceptors (Lipinski definition) is 7. The summed E-state index contributed by atoms with van der Waals surface area (Å²) in [7, 11) is 0. The summed E-state index contributed by atoms with van der Waals surface area (Å²) in [5.41, 5.74) is 2.17. The maximum atomic E-state index is 12.7. The number of anilines is 1. The second-order valence-electron chi connectivity index (χ2n) is 7.09. The highest BCUT2D eigenvalue weighted by Crippen LogP contribution is 2.38. The molecule has 7 nitrogen and oxygen atoms in total. The minimum atomic E-state index is -0.221. The first-order chi connectivity index (χ1) is 15.0. The van der Waals surface area contributed by atoms with E-state index in [1.807, 2.05) is 37.4 Å². The molecule has 0 fully saturated rings.